The van der Waals surface area contributed by atoms with Crippen molar-refractivity contribution in [3.63, 3.8) is 0 Å². The van der Waals surface area contributed by atoms with Gasteiger partial charge in [-0.05, 0) is 28.6 Å². The molecule has 3 rings (SSSR count). The van der Waals surface area contributed by atoms with Gasteiger partial charge in [-0.15, -0.1) is 5.10 Å². The molecule has 0 saturated heterocycles. The van der Waals surface area contributed by atoms with E-state index in [1.165, 1.54) is 0 Å². The average molecular weight is 285 g/mol. The second-order valence-corrected chi connectivity index (χ2v) is 4.22. The zero-order valence-corrected chi connectivity index (χ0v) is 9.57. The predicted octanol–water partition coefficient (Wildman–Crippen LogP) is 2.09. The van der Waals surface area contributed by atoms with Gasteiger partial charge in [0.2, 0.25) is 5.65 Å². The monoisotopic (exact) mass is 283 g/mol. The smallest absolute Gasteiger partial charge is 0.217 e. The van der Waals surface area contributed by atoms with Gasteiger partial charge < -0.3 is 0 Å². The zero-order valence-electron chi connectivity index (χ0n) is 7.22. The van der Waals surface area contributed by atoms with Crippen molar-refractivity contribution >= 4 is 44.2 Å². The molecule has 15 heavy (non-hydrogen) atoms. The van der Waals surface area contributed by atoms with Crippen LogP contribution < -0.4 is 0 Å². The van der Waals surface area contributed by atoms with E-state index in [4.69, 9.17) is 11.6 Å². The molecule has 0 saturated carbocycles. The summed E-state index contributed by atoms with van der Waals surface area (Å²) >= 11 is 9.31. The molecule has 0 fully saturated rings. The lowest BCUT2D eigenvalue weighted by Crippen LogP contribution is -1.94. The lowest BCUT2D eigenvalue weighted by Gasteiger charge is -2.00. The molecule has 0 aliphatic rings. The van der Waals surface area contributed by atoms with E-state index < -0.39 is 0 Å². The number of aromatic nitrogens is 5. The Labute approximate surface area is 97.2 Å². The molecule has 0 N–H and O–H groups in total. The topological polar surface area (TPSA) is 56.0 Å². The molecule has 3 aromatic rings. The number of nitrogens with zero attached hydrogens (tertiary/aromatic N) is 5. The average Bonchev–Trinajstić information content (AvgIpc) is 2.69. The van der Waals surface area contributed by atoms with E-state index in [0.717, 1.165) is 15.5 Å². The fourth-order valence-electron chi connectivity index (χ4n) is 1.39. The van der Waals surface area contributed by atoms with Crippen molar-refractivity contribution in [2.75, 3.05) is 0 Å². The molecule has 0 spiro atoms. The number of fused-ring (bicyclic) bond motifs is 3. The highest BCUT2D eigenvalue weighted by molar-refractivity contribution is 9.10. The van der Waals surface area contributed by atoms with Crippen LogP contribution in [-0.2, 0) is 0 Å². The Bertz CT molecular complexity index is 664. The summed E-state index contributed by atoms with van der Waals surface area (Å²) < 4.78 is 2.51. The van der Waals surface area contributed by atoms with Gasteiger partial charge in [0.15, 0.2) is 5.15 Å². The van der Waals surface area contributed by atoms with Gasteiger partial charge in [-0.2, -0.15) is 4.52 Å². The molecule has 0 aliphatic carbocycles. The Morgan fingerprint density at radius 3 is 3.07 bits per heavy atom. The van der Waals surface area contributed by atoms with Crippen molar-refractivity contribution in [1.29, 1.82) is 0 Å². The summed E-state index contributed by atoms with van der Waals surface area (Å²) in [4.78, 5) is 4.20. The van der Waals surface area contributed by atoms with Crippen LogP contribution in [0, 0.1) is 0 Å². The highest BCUT2D eigenvalue weighted by Crippen LogP contribution is 2.21. The molecule has 74 valence electrons. The van der Waals surface area contributed by atoms with Gasteiger partial charge in [0, 0.05) is 4.47 Å². The molecule has 0 amide bonds. The minimum Gasteiger partial charge on any atom is -0.230 e. The van der Waals surface area contributed by atoms with Crippen LogP contribution in [0.4, 0.5) is 0 Å². The fourth-order valence-corrected chi connectivity index (χ4v) is 1.95. The summed E-state index contributed by atoms with van der Waals surface area (Å²) in [6.45, 7) is 0. The fraction of sp³-hybridized carbons (Fsp3) is 0. The Morgan fingerprint density at radius 1 is 1.33 bits per heavy atom. The van der Waals surface area contributed by atoms with Gasteiger partial charge in [0.1, 0.15) is 0 Å². The second kappa shape index (κ2) is 3.11. The van der Waals surface area contributed by atoms with Crippen LogP contribution in [-0.4, -0.2) is 25.0 Å². The molecule has 2 aromatic heterocycles. The first-order chi connectivity index (χ1) is 7.25. The highest BCUT2D eigenvalue weighted by Gasteiger charge is 2.09. The molecule has 2 heterocycles. The van der Waals surface area contributed by atoms with Crippen molar-refractivity contribution in [2.24, 2.45) is 0 Å². The van der Waals surface area contributed by atoms with Crippen LogP contribution in [0.1, 0.15) is 0 Å². The van der Waals surface area contributed by atoms with Crippen LogP contribution in [0.5, 0.6) is 0 Å². The summed E-state index contributed by atoms with van der Waals surface area (Å²) in [5, 5.41) is 11.5. The van der Waals surface area contributed by atoms with Crippen LogP contribution in [0.25, 0.3) is 16.7 Å². The maximum atomic E-state index is 5.93. The molecule has 0 bridgehead atoms. The van der Waals surface area contributed by atoms with Crippen LogP contribution in [0.15, 0.2) is 22.7 Å². The molecule has 0 radical (unpaired) electrons. The zero-order chi connectivity index (χ0) is 10.4. The van der Waals surface area contributed by atoms with Gasteiger partial charge in [-0.1, -0.05) is 27.5 Å². The number of hydrogen-bond acceptors (Lipinski definition) is 4. The van der Waals surface area contributed by atoms with Crippen LogP contribution >= 0.6 is 27.5 Å². The van der Waals surface area contributed by atoms with Crippen molar-refractivity contribution in [1.82, 2.24) is 25.0 Å². The normalized spacial score (nSPS) is 11.3. The van der Waals surface area contributed by atoms with E-state index in [1.807, 2.05) is 18.2 Å². The van der Waals surface area contributed by atoms with Crippen molar-refractivity contribution in [3.8, 4) is 0 Å². The number of rotatable bonds is 0. The van der Waals surface area contributed by atoms with Gasteiger partial charge >= 0.3 is 0 Å². The number of halogens is 2. The van der Waals surface area contributed by atoms with E-state index >= 15 is 0 Å². The third-order valence-electron chi connectivity index (χ3n) is 2.04. The molecule has 1 aromatic carbocycles. The maximum absolute atomic E-state index is 5.93. The minimum atomic E-state index is 0.301. The first-order valence-electron chi connectivity index (χ1n) is 4.08. The highest BCUT2D eigenvalue weighted by atomic mass is 79.9. The molecular weight excluding hydrogens is 281 g/mol. The summed E-state index contributed by atoms with van der Waals surface area (Å²) in [5.41, 5.74) is 2.03. The minimum absolute atomic E-state index is 0.301. The van der Waals surface area contributed by atoms with Crippen LogP contribution in [0.3, 0.4) is 0 Å². The van der Waals surface area contributed by atoms with Crippen molar-refractivity contribution in [3.05, 3.63) is 27.8 Å². The maximum Gasteiger partial charge on any atom is 0.217 e. The lowest BCUT2D eigenvalue weighted by atomic mass is 10.3. The Hall–Kier alpha value is -1.27. The van der Waals surface area contributed by atoms with E-state index in [2.05, 4.69) is 36.4 Å². The Balaban J connectivity index is 2.61. The largest absolute Gasteiger partial charge is 0.230 e. The Morgan fingerprint density at radius 2 is 2.20 bits per heavy atom. The number of tetrazole rings is 1. The van der Waals surface area contributed by atoms with E-state index in [-0.39, 0.29) is 0 Å². The Kier molecular flexibility index (Phi) is 1.86. The third-order valence-corrected chi connectivity index (χ3v) is 2.79. The van der Waals surface area contributed by atoms with E-state index in [1.54, 1.807) is 4.52 Å². The second-order valence-electron chi connectivity index (χ2n) is 2.95. The first kappa shape index (κ1) is 8.99. The van der Waals surface area contributed by atoms with Crippen molar-refractivity contribution < 1.29 is 0 Å². The van der Waals surface area contributed by atoms with Gasteiger partial charge in [-0.3, -0.25) is 0 Å². The van der Waals surface area contributed by atoms with Crippen molar-refractivity contribution in [2.45, 2.75) is 0 Å². The number of benzene rings is 1. The van der Waals surface area contributed by atoms with E-state index in [0.29, 0.717) is 10.8 Å². The van der Waals surface area contributed by atoms with Gasteiger partial charge in [0.25, 0.3) is 0 Å². The third kappa shape index (κ3) is 1.29. The molecule has 0 unspecified atom stereocenters. The summed E-state index contributed by atoms with van der Waals surface area (Å²) in [6, 6.07) is 5.64. The van der Waals surface area contributed by atoms with Gasteiger partial charge in [-0.25, -0.2) is 4.98 Å². The molecule has 5 nitrogen and oxygen atoms in total. The molecule has 7 heteroatoms. The summed E-state index contributed by atoms with van der Waals surface area (Å²) in [5.74, 6) is 0. The molecule has 0 atom stereocenters. The first-order valence-corrected chi connectivity index (χ1v) is 5.25. The van der Waals surface area contributed by atoms with Gasteiger partial charge in [0.05, 0.1) is 11.0 Å². The molecular formula is C8H3BrClN5. The number of hydrogen-bond donors (Lipinski definition) is 0. The summed E-state index contributed by atoms with van der Waals surface area (Å²) in [6.07, 6.45) is 0. The lowest BCUT2D eigenvalue weighted by molar-refractivity contribution is 0.840. The molecule has 0 aliphatic heterocycles. The standard InChI is InChI=1S/C8H3BrClN5/c9-4-1-2-5-6(3-4)15-8(7(10)11-5)12-13-14-15/h1-3H. The summed E-state index contributed by atoms with van der Waals surface area (Å²) in [7, 11) is 0. The predicted molar refractivity (Wildman–Crippen MR) is 58.8 cm³/mol. The van der Waals surface area contributed by atoms with Crippen LogP contribution in [0.2, 0.25) is 5.15 Å². The van der Waals surface area contributed by atoms with E-state index in [9.17, 15) is 0 Å². The quantitative estimate of drug-likeness (QED) is 0.634. The SMILES string of the molecule is Clc1nc2ccc(Br)cc2n2nnnc12.